The van der Waals surface area contributed by atoms with Crippen molar-refractivity contribution in [2.75, 3.05) is 18.5 Å². The van der Waals surface area contributed by atoms with Crippen LogP contribution in [0.4, 0.5) is 22.7 Å². The summed E-state index contributed by atoms with van der Waals surface area (Å²) in [5.41, 5.74) is -0.322. The molecule has 0 amide bonds. The first-order valence-electron chi connectivity index (χ1n) is 5.77. The number of nitrogens with one attached hydrogen (secondary N) is 1. The summed E-state index contributed by atoms with van der Waals surface area (Å²) >= 11 is 0.623. The maximum Gasteiger partial charge on any atom is 0.358 e. The third-order valence-corrected chi connectivity index (χ3v) is 3.32. The Bertz CT molecular complexity index is 534. The molecule has 0 aliphatic carbocycles. The number of hydrogen-bond acceptors (Lipinski definition) is 6. The van der Waals surface area contributed by atoms with E-state index >= 15 is 0 Å². The normalized spacial score (nSPS) is 11.6. The SMILES string of the molecule is CCOC(=O)c1nc(NCC(F)(F)C(F)F)sc1C(C)=O. The van der Waals surface area contributed by atoms with Crippen molar-refractivity contribution >= 4 is 28.2 Å². The largest absolute Gasteiger partial charge is 0.461 e. The van der Waals surface area contributed by atoms with Gasteiger partial charge >= 0.3 is 18.3 Å². The zero-order valence-corrected chi connectivity index (χ0v) is 11.9. The summed E-state index contributed by atoms with van der Waals surface area (Å²) in [6.07, 6.45) is -3.83. The van der Waals surface area contributed by atoms with Gasteiger partial charge in [-0.25, -0.2) is 18.6 Å². The third-order valence-electron chi connectivity index (χ3n) is 2.21. The molecule has 0 fully saturated rings. The van der Waals surface area contributed by atoms with Gasteiger partial charge in [0.15, 0.2) is 16.6 Å². The first-order chi connectivity index (χ1) is 9.69. The summed E-state index contributed by atoms with van der Waals surface area (Å²) in [7, 11) is 0. The van der Waals surface area contributed by atoms with Crippen molar-refractivity contribution in [3.8, 4) is 0 Å². The number of anilines is 1. The number of halogens is 4. The second-order valence-electron chi connectivity index (χ2n) is 3.89. The van der Waals surface area contributed by atoms with E-state index in [9.17, 15) is 27.2 Å². The van der Waals surface area contributed by atoms with Crippen LogP contribution in [0.1, 0.15) is 34.0 Å². The van der Waals surface area contributed by atoms with E-state index in [1.165, 1.54) is 0 Å². The van der Waals surface area contributed by atoms with Gasteiger partial charge in [-0.3, -0.25) is 4.79 Å². The highest BCUT2D eigenvalue weighted by Gasteiger charge is 2.40. The number of aromatic nitrogens is 1. The molecule has 5 nitrogen and oxygen atoms in total. The summed E-state index contributed by atoms with van der Waals surface area (Å²) in [5.74, 6) is -5.64. The minimum absolute atomic E-state index is 0.0416. The van der Waals surface area contributed by atoms with E-state index in [0.717, 1.165) is 6.92 Å². The molecule has 0 aliphatic heterocycles. The van der Waals surface area contributed by atoms with Crippen molar-refractivity contribution in [3.05, 3.63) is 10.6 Å². The van der Waals surface area contributed by atoms with Gasteiger partial charge in [0.25, 0.3) is 0 Å². The van der Waals surface area contributed by atoms with Crippen LogP contribution >= 0.6 is 11.3 Å². The molecule has 21 heavy (non-hydrogen) atoms. The molecule has 0 aromatic carbocycles. The van der Waals surface area contributed by atoms with E-state index in [4.69, 9.17) is 0 Å². The van der Waals surface area contributed by atoms with Gasteiger partial charge in [0.1, 0.15) is 4.88 Å². The smallest absolute Gasteiger partial charge is 0.358 e. The molecule has 0 unspecified atom stereocenters. The third kappa shape index (κ3) is 4.38. The Morgan fingerprint density at radius 3 is 2.52 bits per heavy atom. The highest BCUT2D eigenvalue weighted by molar-refractivity contribution is 7.17. The predicted octanol–water partition coefficient (Wildman–Crippen LogP) is 2.83. The second kappa shape index (κ2) is 6.83. The van der Waals surface area contributed by atoms with Crippen molar-refractivity contribution in [2.45, 2.75) is 26.2 Å². The lowest BCUT2D eigenvalue weighted by Gasteiger charge is -2.14. The summed E-state index contributed by atoms with van der Waals surface area (Å²) in [5, 5.41) is 1.76. The van der Waals surface area contributed by atoms with Crippen molar-refractivity contribution in [1.82, 2.24) is 4.98 Å². The minimum Gasteiger partial charge on any atom is -0.461 e. The monoisotopic (exact) mass is 328 g/mol. The Kier molecular flexibility index (Phi) is 5.64. The maximum atomic E-state index is 12.8. The van der Waals surface area contributed by atoms with Gasteiger partial charge in [0, 0.05) is 6.92 Å². The van der Waals surface area contributed by atoms with Gasteiger partial charge in [-0.05, 0) is 6.92 Å². The molecule has 1 heterocycles. The van der Waals surface area contributed by atoms with Gasteiger partial charge in [-0.2, -0.15) is 8.78 Å². The molecule has 118 valence electrons. The fraction of sp³-hybridized carbons (Fsp3) is 0.545. The van der Waals surface area contributed by atoms with E-state index < -0.39 is 30.6 Å². The lowest BCUT2D eigenvalue weighted by Crippen LogP contribution is -2.34. The topological polar surface area (TPSA) is 68.3 Å². The lowest BCUT2D eigenvalue weighted by atomic mass is 10.3. The Morgan fingerprint density at radius 2 is 2.05 bits per heavy atom. The molecular formula is C11H12F4N2O3S. The molecular weight excluding hydrogens is 316 g/mol. The van der Waals surface area contributed by atoms with Crippen molar-refractivity contribution in [1.29, 1.82) is 0 Å². The highest BCUT2D eigenvalue weighted by Crippen LogP contribution is 2.27. The molecule has 10 heteroatoms. The Balaban J connectivity index is 2.93. The number of alkyl halides is 4. The van der Waals surface area contributed by atoms with Gasteiger partial charge in [-0.15, -0.1) is 0 Å². The van der Waals surface area contributed by atoms with E-state index in [2.05, 4.69) is 9.72 Å². The molecule has 1 N–H and O–H groups in total. The standard InChI is InChI=1S/C11H12F4N2O3S/c1-3-20-8(19)6-7(5(2)18)21-10(17-6)16-4-11(14,15)9(12)13/h9H,3-4H2,1-2H3,(H,16,17). The molecule has 0 bridgehead atoms. The first kappa shape index (κ1) is 17.3. The molecule has 1 aromatic heterocycles. The predicted molar refractivity (Wildman–Crippen MR) is 67.5 cm³/mol. The molecule has 0 radical (unpaired) electrons. The molecule has 0 atom stereocenters. The summed E-state index contributed by atoms with van der Waals surface area (Å²) in [6.45, 7) is 1.38. The van der Waals surface area contributed by atoms with E-state index in [0.29, 0.717) is 11.3 Å². The van der Waals surface area contributed by atoms with Crippen LogP contribution in [-0.4, -0.2) is 42.2 Å². The number of Topliss-reactive ketones (excluding diaryl/α,β-unsaturated/α-hetero) is 1. The van der Waals surface area contributed by atoms with Gasteiger partial charge in [-0.1, -0.05) is 11.3 Å². The van der Waals surface area contributed by atoms with Crippen molar-refractivity contribution in [2.24, 2.45) is 0 Å². The summed E-state index contributed by atoms with van der Waals surface area (Å²) in [6, 6.07) is 0. The summed E-state index contributed by atoms with van der Waals surface area (Å²) < 4.78 is 54.3. The molecule has 0 saturated heterocycles. The molecule has 1 aromatic rings. The van der Waals surface area contributed by atoms with Crippen LogP contribution in [0.5, 0.6) is 0 Å². The fourth-order valence-electron chi connectivity index (χ4n) is 1.24. The van der Waals surface area contributed by atoms with Crippen LogP contribution in [0, 0.1) is 0 Å². The fourth-order valence-corrected chi connectivity index (χ4v) is 2.09. The van der Waals surface area contributed by atoms with Crippen LogP contribution in [-0.2, 0) is 4.74 Å². The second-order valence-corrected chi connectivity index (χ2v) is 4.89. The molecule has 0 saturated carbocycles. The average Bonchev–Trinajstić information content (AvgIpc) is 2.81. The minimum atomic E-state index is -4.24. The Labute approximate surface area is 121 Å². The van der Waals surface area contributed by atoms with Gasteiger partial charge in [0.05, 0.1) is 13.2 Å². The van der Waals surface area contributed by atoms with Crippen molar-refractivity contribution in [3.63, 3.8) is 0 Å². The zero-order valence-electron chi connectivity index (χ0n) is 11.1. The van der Waals surface area contributed by atoms with Crippen LogP contribution in [0.3, 0.4) is 0 Å². The number of ether oxygens (including phenoxy) is 1. The highest BCUT2D eigenvalue weighted by atomic mass is 32.1. The maximum absolute atomic E-state index is 12.8. The van der Waals surface area contributed by atoms with Crippen LogP contribution in [0.15, 0.2) is 0 Å². The van der Waals surface area contributed by atoms with Gasteiger partial charge < -0.3 is 10.1 Å². The molecule has 0 spiro atoms. The average molecular weight is 328 g/mol. The van der Waals surface area contributed by atoms with Crippen LogP contribution in [0.2, 0.25) is 0 Å². The summed E-state index contributed by atoms with van der Waals surface area (Å²) in [4.78, 5) is 26.5. The molecule has 0 aliphatic rings. The number of thiazole rings is 1. The number of nitrogens with zero attached hydrogens (tertiary/aromatic N) is 1. The lowest BCUT2D eigenvalue weighted by molar-refractivity contribution is -0.117. The number of carbonyl (C=O) groups is 2. The van der Waals surface area contributed by atoms with Crippen LogP contribution < -0.4 is 5.32 Å². The van der Waals surface area contributed by atoms with E-state index in [1.54, 1.807) is 6.92 Å². The van der Waals surface area contributed by atoms with Crippen molar-refractivity contribution < 1.29 is 31.9 Å². The van der Waals surface area contributed by atoms with Crippen LogP contribution in [0.25, 0.3) is 0 Å². The Morgan fingerprint density at radius 1 is 1.43 bits per heavy atom. The van der Waals surface area contributed by atoms with E-state index in [-0.39, 0.29) is 22.3 Å². The number of carbonyl (C=O) groups excluding carboxylic acids is 2. The van der Waals surface area contributed by atoms with Gasteiger partial charge in [0.2, 0.25) is 0 Å². The quantitative estimate of drug-likeness (QED) is 0.473. The number of ketones is 1. The zero-order chi connectivity index (χ0) is 16.2. The number of esters is 1. The first-order valence-corrected chi connectivity index (χ1v) is 6.59. The number of hydrogen-bond donors (Lipinski definition) is 1. The number of rotatable bonds is 7. The van der Waals surface area contributed by atoms with E-state index in [1.807, 2.05) is 5.32 Å². The Hall–Kier alpha value is -1.71. The molecule has 1 rings (SSSR count).